The normalized spacial score (nSPS) is 14.1. The lowest BCUT2D eigenvalue weighted by molar-refractivity contribution is 0.755. The number of anilines is 1. The molecule has 0 spiro atoms. The van der Waals surface area contributed by atoms with Crippen LogP contribution in [0.25, 0.3) is 0 Å². The molecule has 0 amide bonds. The molecule has 0 unspecified atom stereocenters. The minimum atomic E-state index is 0.859. The van der Waals surface area contributed by atoms with Crippen LogP contribution in [-0.2, 0) is 13.1 Å². The monoisotopic (exact) mass is 192 g/mol. The molecule has 0 saturated carbocycles. The Morgan fingerprint density at radius 1 is 1.36 bits per heavy atom. The summed E-state index contributed by atoms with van der Waals surface area (Å²) in [7, 11) is 0. The van der Waals surface area contributed by atoms with Crippen molar-refractivity contribution >= 4 is 5.95 Å². The van der Waals surface area contributed by atoms with E-state index in [0.29, 0.717) is 0 Å². The van der Waals surface area contributed by atoms with Crippen LogP contribution in [0.4, 0.5) is 5.95 Å². The fourth-order valence-corrected chi connectivity index (χ4v) is 1.71. The summed E-state index contributed by atoms with van der Waals surface area (Å²) < 4.78 is 0. The Bertz CT molecular complexity index is 320. The van der Waals surface area contributed by atoms with Gasteiger partial charge in [0.25, 0.3) is 0 Å². The summed E-state index contributed by atoms with van der Waals surface area (Å²) >= 11 is 0. The highest BCUT2D eigenvalue weighted by atomic mass is 15.2. The smallest absolute Gasteiger partial charge is 0.225 e. The van der Waals surface area contributed by atoms with Crippen molar-refractivity contribution < 1.29 is 0 Å². The Balaban J connectivity index is 2.27. The highest BCUT2D eigenvalue weighted by Crippen LogP contribution is 2.15. The van der Waals surface area contributed by atoms with Crippen LogP contribution >= 0.6 is 0 Å². The third-order valence-electron chi connectivity index (χ3n) is 2.60. The third-order valence-corrected chi connectivity index (χ3v) is 2.60. The lowest BCUT2D eigenvalue weighted by Gasteiger charge is -2.18. The summed E-state index contributed by atoms with van der Waals surface area (Å²) in [5, 5.41) is 3.27. The lowest BCUT2D eigenvalue weighted by Crippen LogP contribution is -2.24. The van der Waals surface area contributed by atoms with Gasteiger partial charge in [0, 0.05) is 37.9 Å². The van der Waals surface area contributed by atoms with Gasteiger partial charge in [-0.2, -0.15) is 0 Å². The van der Waals surface area contributed by atoms with Gasteiger partial charge in [0.2, 0.25) is 5.95 Å². The molecule has 0 fully saturated rings. The zero-order valence-electron chi connectivity index (χ0n) is 8.75. The molecule has 1 aliphatic rings. The van der Waals surface area contributed by atoms with E-state index in [9.17, 15) is 0 Å². The van der Waals surface area contributed by atoms with Gasteiger partial charge >= 0.3 is 0 Å². The van der Waals surface area contributed by atoms with Crippen LogP contribution in [0.1, 0.15) is 25.1 Å². The first-order valence-corrected chi connectivity index (χ1v) is 5.15. The van der Waals surface area contributed by atoms with Crippen LogP contribution in [0.3, 0.4) is 0 Å². The first kappa shape index (κ1) is 9.40. The Morgan fingerprint density at radius 2 is 2.14 bits per heavy atom. The molecule has 0 aliphatic carbocycles. The predicted molar refractivity (Wildman–Crippen MR) is 56.1 cm³/mol. The van der Waals surface area contributed by atoms with Crippen LogP contribution in [0, 0.1) is 0 Å². The van der Waals surface area contributed by atoms with Crippen molar-refractivity contribution in [2.24, 2.45) is 0 Å². The number of rotatable bonds is 3. The first-order chi connectivity index (χ1) is 6.85. The van der Waals surface area contributed by atoms with Crippen molar-refractivity contribution in [3.8, 4) is 0 Å². The number of hydrogen-bond donors (Lipinski definition) is 1. The van der Waals surface area contributed by atoms with Gasteiger partial charge in [-0.05, 0) is 13.8 Å². The molecule has 76 valence electrons. The molecule has 1 aromatic rings. The van der Waals surface area contributed by atoms with Crippen molar-refractivity contribution in [3.63, 3.8) is 0 Å². The van der Waals surface area contributed by atoms with Gasteiger partial charge in [-0.25, -0.2) is 9.97 Å². The predicted octanol–water partition coefficient (Wildman–Crippen LogP) is 0.926. The van der Waals surface area contributed by atoms with E-state index in [1.165, 1.54) is 5.56 Å². The molecule has 2 heterocycles. The van der Waals surface area contributed by atoms with Crippen molar-refractivity contribution in [1.29, 1.82) is 0 Å². The topological polar surface area (TPSA) is 41.1 Å². The van der Waals surface area contributed by atoms with Crippen LogP contribution in [0.2, 0.25) is 0 Å². The maximum absolute atomic E-state index is 4.55. The third kappa shape index (κ3) is 1.57. The van der Waals surface area contributed by atoms with E-state index in [1.807, 2.05) is 6.20 Å². The molecule has 1 aromatic heterocycles. The SMILES string of the molecule is CCN(CC)c1ncc2c(n1)CNC2. The number of nitrogens with zero attached hydrogens (tertiary/aromatic N) is 3. The van der Waals surface area contributed by atoms with Crippen LogP contribution in [0.15, 0.2) is 6.20 Å². The van der Waals surface area contributed by atoms with E-state index in [4.69, 9.17) is 0 Å². The van der Waals surface area contributed by atoms with Crippen LogP contribution in [0.5, 0.6) is 0 Å². The Morgan fingerprint density at radius 3 is 2.86 bits per heavy atom. The molecule has 0 bridgehead atoms. The second kappa shape index (κ2) is 3.92. The summed E-state index contributed by atoms with van der Waals surface area (Å²) in [5.74, 6) is 0.859. The zero-order chi connectivity index (χ0) is 9.97. The van der Waals surface area contributed by atoms with Crippen molar-refractivity contribution in [2.75, 3.05) is 18.0 Å². The first-order valence-electron chi connectivity index (χ1n) is 5.15. The van der Waals surface area contributed by atoms with Gasteiger partial charge < -0.3 is 10.2 Å². The number of aromatic nitrogens is 2. The van der Waals surface area contributed by atoms with Crippen molar-refractivity contribution in [3.05, 3.63) is 17.5 Å². The van der Waals surface area contributed by atoms with Gasteiger partial charge in [0.05, 0.1) is 5.69 Å². The van der Waals surface area contributed by atoms with Gasteiger partial charge in [-0.3, -0.25) is 0 Å². The number of nitrogens with one attached hydrogen (secondary N) is 1. The molecule has 4 nitrogen and oxygen atoms in total. The second-order valence-electron chi connectivity index (χ2n) is 3.42. The standard InChI is InChI=1S/C10H16N4/c1-3-14(4-2)10-12-6-8-5-11-7-9(8)13-10/h6,11H,3-5,7H2,1-2H3. The molecule has 0 aromatic carbocycles. The van der Waals surface area contributed by atoms with E-state index in [1.54, 1.807) is 0 Å². The summed E-state index contributed by atoms with van der Waals surface area (Å²) in [6.45, 7) is 7.96. The molecule has 4 heteroatoms. The van der Waals surface area contributed by atoms with Gasteiger partial charge in [-0.15, -0.1) is 0 Å². The average Bonchev–Trinajstić information content (AvgIpc) is 2.66. The Kier molecular flexibility index (Phi) is 2.63. The van der Waals surface area contributed by atoms with Gasteiger partial charge in [0.15, 0.2) is 0 Å². The molecule has 0 saturated heterocycles. The van der Waals surface area contributed by atoms with E-state index in [-0.39, 0.29) is 0 Å². The fourth-order valence-electron chi connectivity index (χ4n) is 1.71. The van der Waals surface area contributed by atoms with Crippen LogP contribution < -0.4 is 10.2 Å². The molecule has 1 aliphatic heterocycles. The molecule has 0 radical (unpaired) electrons. The highest BCUT2D eigenvalue weighted by Gasteiger charge is 2.14. The van der Waals surface area contributed by atoms with Crippen molar-refractivity contribution in [1.82, 2.24) is 15.3 Å². The van der Waals surface area contributed by atoms with Crippen molar-refractivity contribution in [2.45, 2.75) is 26.9 Å². The minimum Gasteiger partial charge on any atom is -0.341 e. The molecule has 2 rings (SSSR count). The maximum Gasteiger partial charge on any atom is 0.225 e. The summed E-state index contributed by atoms with van der Waals surface area (Å²) in [5.41, 5.74) is 2.39. The second-order valence-corrected chi connectivity index (χ2v) is 3.42. The van der Waals surface area contributed by atoms with Gasteiger partial charge in [0.1, 0.15) is 0 Å². The Hall–Kier alpha value is -1.16. The average molecular weight is 192 g/mol. The van der Waals surface area contributed by atoms with E-state index in [2.05, 4.69) is 34.0 Å². The van der Waals surface area contributed by atoms with E-state index >= 15 is 0 Å². The fraction of sp³-hybridized carbons (Fsp3) is 0.600. The quantitative estimate of drug-likeness (QED) is 0.773. The molecular weight excluding hydrogens is 176 g/mol. The van der Waals surface area contributed by atoms with E-state index in [0.717, 1.165) is 37.8 Å². The molecule has 14 heavy (non-hydrogen) atoms. The molecule has 1 N–H and O–H groups in total. The summed E-state index contributed by atoms with van der Waals surface area (Å²) in [4.78, 5) is 11.1. The maximum atomic E-state index is 4.55. The zero-order valence-corrected chi connectivity index (χ0v) is 8.75. The Labute approximate surface area is 84.4 Å². The van der Waals surface area contributed by atoms with E-state index < -0.39 is 0 Å². The number of fused-ring (bicyclic) bond motifs is 1. The minimum absolute atomic E-state index is 0.859. The highest BCUT2D eigenvalue weighted by molar-refractivity contribution is 5.34. The van der Waals surface area contributed by atoms with Gasteiger partial charge in [-0.1, -0.05) is 0 Å². The van der Waals surface area contributed by atoms with Crippen LogP contribution in [-0.4, -0.2) is 23.1 Å². The summed E-state index contributed by atoms with van der Waals surface area (Å²) in [6.07, 6.45) is 1.94. The molecular formula is C10H16N4. The molecule has 0 atom stereocenters. The lowest BCUT2D eigenvalue weighted by atomic mass is 10.3. The summed E-state index contributed by atoms with van der Waals surface area (Å²) in [6, 6.07) is 0. The number of hydrogen-bond acceptors (Lipinski definition) is 4. The largest absolute Gasteiger partial charge is 0.341 e.